The molecule has 0 bridgehead atoms. The third-order valence-corrected chi connectivity index (χ3v) is 7.05. The van der Waals surface area contributed by atoms with Gasteiger partial charge in [0.25, 0.3) is 0 Å². The summed E-state index contributed by atoms with van der Waals surface area (Å²) in [6, 6.07) is 0. The molecule has 3 saturated carbocycles. The van der Waals surface area contributed by atoms with Gasteiger partial charge >= 0.3 is 0 Å². The van der Waals surface area contributed by atoms with E-state index in [0.29, 0.717) is 24.3 Å². The number of rotatable bonds is 10. The average Bonchev–Trinajstić information content (AvgIpc) is 3.36. The zero-order chi connectivity index (χ0) is 19.1. The first kappa shape index (κ1) is 21.0. The van der Waals surface area contributed by atoms with E-state index in [2.05, 4.69) is 17.5 Å². The third kappa shape index (κ3) is 5.90. The van der Waals surface area contributed by atoms with Gasteiger partial charge < -0.3 is 20.6 Å². The number of fused-ring (bicyclic) bond motifs is 1. The molecule has 0 spiro atoms. The van der Waals surface area contributed by atoms with Crippen LogP contribution in [0.2, 0.25) is 0 Å². The van der Waals surface area contributed by atoms with E-state index >= 15 is 0 Å². The van der Waals surface area contributed by atoms with E-state index in [4.69, 9.17) is 5.11 Å². The number of nitrogens with one attached hydrogen (secondary N) is 1. The summed E-state index contributed by atoms with van der Waals surface area (Å²) in [5.74, 6) is 1.83. The van der Waals surface area contributed by atoms with Gasteiger partial charge in [-0.25, -0.2) is 0 Å². The molecule has 0 aromatic heterocycles. The lowest BCUT2D eigenvalue weighted by Crippen LogP contribution is -2.19. The quantitative estimate of drug-likeness (QED) is 0.348. The maximum atomic E-state index is 10.5. The molecule has 5 atom stereocenters. The fourth-order valence-corrected chi connectivity index (χ4v) is 5.54. The maximum Gasteiger partial charge on any atom is 0.0749 e. The lowest BCUT2D eigenvalue weighted by atomic mass is 9.89. The van der Waals surface area contributed by atoms with Crippen LogP contribution in [0.25, 0.3) is 0 Å². The second-order valence-electron chi connectivity index (χ2n) is 8.96. The van der Waals surface area contributed by atoms with Crippen LogP contribution in [0.15, 0.2) is 23.8 Å². The highest BCUT2D eigenvalue weighted by atomic mass is 16.3. The van der Waals surface area contributed by atoms with Crippen LogP contribution in [0.3, 0.4) is 0 Å². The smallest absolute Gasteiger partial charge is 0.0749 e. The van der Waals surface area contributed by atoms with Crippen LogP contribution in [-0.4, -0.2) is 47.2 Å². The van der Waals surface area contributed by atoms with Crippen molar-refractivity contribution in [2.75, 3.05) is 19.7 Å². The van der Waals surface area contributed by atoms with Gasteiger partial charge in [-0.05, 0) is 75.7 Å². The molecule has 3 rings (SSSR count). The summed E-state index contributed by atoms with van der Waals surface area (Å²) in [7, 11) is 0. The van der Waals surface area contributed by atoms with Gasteiger partial charge in [0.2, 0.25) is 0 Å². The van der Waals surface area contributed by atoms with Gasteiger partial charge in [0.15, 0.2) is 0 Å². The van der Waals surface area contributed by atoms with Gasteiger partial charge in [0, 0.05) is 12.5 Å². The monoisotopic (exact) mass is 377 g/mol. The molecule has 0 unspecified atom stereocenters. The van der Waals surface area contributed by atoms with Crippen LogP contribution in [0.4, 0.5) is 0 Å². The minimum absolute atomic E-state index is 0.214. The number of unbranched alkanes of at least 4 members (excludes halogenated alkanes) is 2. The molecule has 0 aromatic rings. The number of hydrogen-bond donors (Lipinski definition) is 4. The molecule has 27 heavy (non-hydrogen) atoms. The van der Waals surface area contributed by atoms with Gasteiger partial charge in [-0.1, -0.05) is 36.6 Å². The molecule has 3 aliphatic carbocycles. The van der Waals surface area contributed by atoms with Crippen LogP contribution in [-0.2, 0) is 0 Å². The maximum absolute atomic E-state index is 10.5. The first-order valence-electron chi connectivity index (χ1n) is 11.2. The Morgan fingerprint density at radius 1 is 1.11 bits per heavy atom. The molecule has 0 amide bonds. The topological polar surface area (TPSA) is 72.7 Å². The third-order valence-electron chi connectivity index (χ3n) is 7.05. The fourth-order valence-electron chi connectivity index (χ4n) is 5.54. The highest BCUT2D eigenvalue weighted by Crippen LogP contribution is 2.50. The molecule has 0 radical (unpaired) electrons. The SMILES string of the molecule is OCCNCCCCC=C1C[C@H]2C[C@@H](O)[C@H](C=C[C@@H](O)C3CCCC3)[C@H]2C1. The second kappa shape index (κ2) is 10.8. The van der Waals surface area contributed by atoms with E-state index in [-0.39, 0.29) is 24.7 Å². The van der Waals surface area contributed by atoms with Gasteiger partial charge in [0.1, 0.15) is 0 Å². The summed E-state index contributed by atoms with van der Waals surface area (Å²) < 4.78 is 0. The largest absolute Gasteiger partial charge is 0.395 e. The molecular formula is C23H39NO3. The minimum Gasteiger partial charge on any atom is -0.395 e. The Bertz CT molecular complexity index is 498. The van der Waals surface area contributed by atoms with Crippen molar-refractivity contribution in [1.29, 1.82) is 0 Å². The van der Waals surface area contributed by atoms with Gasteiger partial charge in [0.05, 0.1) is 18.8 Å². The Hall–Kier alpha value is -0.680. The Labute approximate surface area is 164 Å². The minimum atomic E-state index is -0.324. The predicted octanol–water partition coefficient (Wildman–Crippen LogP) is 3.18. The summed E-state index contributed by atoms with van der Waals surface area (Å²) >= 11 is 0. The molecule has 0 aromatic carbocycles. The number of allylic oxidation sites excluding steroid dienone is 2. The number of aliphatic hydroxyl groups is 3. The van der Waals surface area contributed by atoms with Crippen LogP contribution in [0.5, 0.6) is 0 Å². The highest BCUT2D eigenvalue weighted by molar-refractivity contribution is 5.18. The molecule has 154 valence electrons. The summed E-state index contributed by atoms with van der Waals surface area (Å²) in [5, 5.41) is 32.9. The van der Waals surface area contributed by atoms with Gasteiger partial charge in [-0.2, -0.15) is 0 Å². The van der Waals surface area contributed by atoms with Crippen molar-refractivity contribution in [2.24, 2.45) is 23.7 Å². The van der Waals surface area contributed by atoms with Crippen molar-refractivity contribution in [3.63, 3.8) is 0 Å². The number of aliphatic hydroxyl groups excluding tert-OH is 3. The summed E-state index contributed by atoms with van der Waals surface area (Å²) in [4.78, 5) is 0. The molecule has 0 heterocycles. The zero-order valence-corrected chi connectivity index (χ0v) is 16.7. The van der Waals surface area contributed by atoms with Crippen LogP contribution < -0.4 is 5.32 Å². The standard InChI is InChI=1S/C23H39NO3/c25-13-12-24-11-5-1-2-6-17-14-19-16-23(27)20(21(19)15-17)9-10-22(26)18-7-3-4-8-18/h6,9-10,18-27H,1-5,7-8,11-16H2/t19-,20+,21-,22+,23+/m0/s1. The number of hydrogen-bond acceptors (Lipinski definition) is 4. The molecular weight excluding hydrogens is 338 g/mol. The normalized spacial score (nSPS) is 34.1. The highest BCUT2D eigenvalue weighted by Gasteiger charge is 2.45. The van der Waals surface area contributed by atoms with Gasteiger partial charge in [-0.15, -0.1) is 0 Å². The van der Waals surface area contributed by atoms with Crippen LogP contribution in [0.1, 0.15) is 64.2 Å². The Balaban J connectivity index is 1.43. The fraction of sp³-hybridized carbons (Fsp3) is 0.826. The molecule has 0 saturated heterocycles. The average molecular weight is 378 g/mol. The van der Waals surface area contributed by atoms with E-state index in [1.807, 2.05) is 6.08 Å². The summed E-state index contributed by atoms with van der Waals surface area (Å²) in [6.45, 7) is 1.89. The first-order valence-corrected chi connectivity index (χ1v) is 11.2. The van der Waals surface area contributed by atoms with E-state index < -0.39 is 0 Å². The van der Waals surface area contributed by atoms with Crippen molar-refractivity contribution < 1.29 is 15.3 Å². The molecule has 4 heteroatoms. The Morgan fingerprint density at radius 2 is 1.93 bits per heavy atom. The second-order valence-corrected chi connectivity index (χ2v) is 8.96. The van der Waals surface area contributed by atoms with E-state index in [1.165, 1.54) is 19.3 Å². The van der Waals surface area contributed by atoms with Crippen molar-refractivity contribution in [3.8, 4) is 0 Å². The van der Waals surface area contributed by atoms with Crippen LogP contribution >= 0.6 is 0 Å². The Kier molecular flexibility index (Phi) is 8.38. The van der Waals surface area contributed by atoms with Crippen molar-refractivity contribution in [1.82, 2.24) is 5.32 Å². The molecule has 4 nitrogen and oxygen atoms in total. The van der Waals surface area contributed by atoms with E-state index in [0.717, 1.165) is 51.5 Å². The van der Waals surface area contributed by atoms with Crippen LogP contribution in [0, 0.1) is 23.7 Å². The molecule has 3 aliphatic rings. The zero-order valence-electron chi connectivity index (χ0n) is 16.7. The summed E-state index contributed by atoms with van der Waals surface area (Å²) in [5.41, 5.74) is 1.58. The Morgan fingerprint density at radius 3 is 2.70 bits per heavy atom. The van der Waals surface area contributed by atoms with E-state index in [1.54, 1.807) is 5.57 Å². The molecule has 3 fully saturated rings. The first-order chi connectivity index (χ1) is 13.2. The van der Waals surface area contributed by atoms with Crippen molar-refractivity contribution in [2.45, 2.75) is 76.4 Å². The van der Waals surface area contributed by atoms with Gasteiger partial charge in [-0.3, -0.25) is 0 Å². The molecule has 0 aliphatic heterocycles. The molecule has 4 N–H and O–H groups in total. The van der Waals surface area contributed by atoms with Crippen molar-refractivity contribution >= 4 is 0 Å². The predicted molar refractivity (Wildman–Crippen MR) is 109 cm³/mol. The summed E-state index contributed by atoms with van der Waals surface area (Å²) in [6.07, 6.45) is 17.5. The van der Waals surface area contributed by atoms with E-state index in [9.17, 15) is 10.2 Å². The van der Waals surface area contributed by atoms with Crippen molar-refractivity contribution in [3.05, 3.63) is 23.8 Å². The lowest BCUT2D eigenvalue weighted by Gasteiger charge is -2.19. The lowest BCUT2D eigenvalue weighted by molar-refractivity contribution is 0.135.